The monoisotopic (exact) mass is 357 g/mol. The first kappa shape index (κ1) is 17.7. The molecule has 0 spiro atoms. The number of nitrogens with one attached hydrogen (secondary N) is 3. The molecule has 26 heavy (non-hydrogen) atoms. The fourth-order valence-electron chi connectivity index (χ4n) is 2.17. The van der Waals surface area contributed by atoms with Gasteiger partial charge in [-0.15, -0.1) is 5.10 Å². The SMILES string of the molecule is CC(C)Oc1cc(Nc2ccnc(NCc3cc(C(C)C)no3)n2)[nH]n1. The predicted molar refractivity (Wildman–Crippen MR) is 97.6 cm³/mol. The Morgan fingerprint density at radius 1 is 1.23 bits per heavy atom. The Morgan fingerprint density at radius 3 is 2.81 bits per heavy atom. The Labute approximate surface area is 151 Å². The van der Waals surface area contributed by atoms with Crippen LogP contribution in [-0.2, 0) is 6.54 Å². The van der Waals surface area contributed by atoms with Gasteiger partial charge in [0.15, 0.2) is 5.76 Å². The Kier molecular flexibility index (Phi) is 5.35. The fourth-order valence-corrected chi connectivity index (χ4v) is 2.17. The molecule has 0 unspecified atom stereocenters. The first-order valence-electron chi connectivity index (χ1n) is 8.51. The van der Waals surface area contributed by atoms with Crippen molar-refractivity contribution in [3.05, 3.63) is 35.9 Å². The lowest BCUT2D eigenvalue weighted by molar-refractivity contribution is 0.232. The van der Waals surface area contributed by atoms with E-state index in [1.165, 1.54) is 0 Å². The molecule has 0 saturated heterocycles. The van der Waals surface area contributed by atoms with Crippen LogP contribution < -0.4 is 15.4 Å². The van der Waals surface area contributed by atoms with Gasteiger partial charge in [-0.2, -0.15) is 4.98 Å². The topological polar surface area (TPSA) is 114 Å². The van der Waals surface area contributed by atoms with Gasteiger partial charge in [0, 0.05) is 18.3 Å². The van der Waals surface area contributed by atoms with E-state index in [9.17, 15) is 0 Å². The summed E-state index contributed by atoms with van der Waals surface area (Å²) in [6, 6.07) is 5.47. The van der Waals surface area contributed by atoms with Crippen molar-refractivity contribution in [2.75, 3.05) is 10.6 Å². The number of nitrogens with zero attached hydrogens (tertiary/aromatic N) is 4. The molecule has 0 bridgehead atoms. The Bertz CT molecular complexity index is 841. The van der Waals surface area contributed by atoms with Crippen LogP contribution in [0.5, 0.6) is 5.88 Å². The van der Waals surface area contributed by atoms with E-state index in [2.05, 4.69) is 49.8 Å². The highest BCUT2D eigenvalue weighted by Gasteiger charge is 2.09. The summed E-state index contributed by atoms with van der Waals surface area (Å²) < 4.78 is 10.8. The predicted octanol–water partition coefficient (Wildman–Crippen LogP) is 3.45. The minimum atomic E-state index is 0.0632. The second-order valence-electron chi connectivity index (χ2n) is 6.40. The number of aromatic amines is 1. The number of rotatable bonds is 8. The average molecular weight is 357 g/mol. The highest BCUT2D eigenvalue weighted by molar-refractivity contribution is 5.53. The van der Waals surface area contributed by atoms with Crippen molar-refractivity contribution in [1.82, 2.24) is 25.3 Å². The number of H-pyrrole nitrogens is 1. The van der Waals surface area contributed by atoms with Crippen LogP contribution in [0, 0.1) is 0 Å². The van der Waals surface area contributed by atoms with Gasteiger partial charge in [0.25, 0.3) is 0 Å². The van der Waals surface area contributed by atoms with Crippen molar-refractivity contribution >= 4 is 17.6 Å². The van der Waals surface area contributed by atoms with Gasteiger partial charge in [0.05, 0.1) is 18.3 Å². The molecule has 3 rings (SSSR count). The summed E-state index contributed by atoms with van der Waals surface area (Å²) in [4.78, 5) is 8.62. The molecule has 0 aliphatic carbocycles. The van der Waals surface area contributed by atoms with Crippen molar-refractivity contribution in [2.24, 2.45) is 0 Å². The number of hydrogen-bond donors (Lipinski definition) is 3. The second-order valence-corrected chi connectivity index (χ2v) is 6.40. The first-order chi connectivity index (χ1) is 12.5. The number of aromatic nitrogens is 5. The third kappa shape index (κ3) is 4.71. The molecule has 0 radical (unpaired) electrons. The Balaban J connectivity index is 1.59. The van der Waals surface area contributed by atoms with Crippen LogP contribution in [0.2, 0.25) is 0 Å². The van der Waals surface area contributed by atoms with Gasteiger partial charge in [0.2, 0.25) is 11.8 Å². The summed E-state index contributed by atoms with van der Waals surface area (Å²) in [5.74, 6) is 3.39. The number of ether oxygens (including phenoxy) is 1. The Hall–Kier alpha value is -3.10. The van der Waals surface area contributed by atoms with E-state index in [0.29, 0.717) is 35.9 Å². The van der Waals surface area contributed by atoms with Crippen molar-refractivity contribution in [2.45, 2.75) is 46.3 Å². The van der Waals surface area contributed by atoms with Crippen molar-refractivity contribution in [1.29, 1.82) is 0 Å². The number of hydrogen-bond acceptors (Lipinski definition) is 8. The fraction of sp³-hybridized carbons (Fsp3) is 0.412. The zero-order chi connectivity index (χ0) is 18.5. The molecule has 3 heterocycles. The highest BCUT2D eigenvalue weighted by atomic mass is 16.5. The van der Waals surface area contributed by atoms with Crippen LogP contribution in [-0.4, -0.2) is 31.4 Å². The van der Waals surface area contributed by atoms with E-state index in [1.807, 2.05) is 19.9 Å². The van der Waals surface area contributed by atoms with Crippen LogP contribution in [0.25, 0.3) is 0 Å². The molecule has 0 atom stereocenters. The van der Waals surface area contributed by atoms with Crippen LogP contribution in [0.1, 0.15) is 45.1 Å². The van der Waals surface area contributed by atoms with Gasteiger partial charge < -0.3 is 19.9 Å². The standard InChI is InChI=1S/C17H23N7O2/c1-10(2)13-7-12(26-24-13)9-19-17-18-6-5-14(21-17)20-15-8-16(23-22-15)25-11(3)4/h5-8,10-11H,9H2,1-4H3,(H3,18,19,20,21,22,23). The van der Waals surface area contributed by atoms with Crippen molar-refractivity contribution in [3.8, 4) is 5.88 Å². The van der Waals surface area contributed by atoms with Crippen LogP contribution in [0.4, 0.5) is 17.6 Å². The summed E-state index contributed by atoms with van der Waals surface area (Å²) in [6.45, 7) is 8.49. The molecule has 0 saturated carbocycles. The van der Waals surface area contributed by atoms with Crippen LogP contribution >= 0.6 is 0 Å². The molecule has 9 nitrogen and oxygen atoms in total. The molecular weight excluding hydrogens is 334 g/mol. The maximum Gasteiger partial charge on any atom is 0.234 e. The van der Waals surface area contributed by atoms with E-state index in [0.717, 1.165) is 11.5 Å². The van der Waals surface area contributed by atoms with E-state index in [1.54, 1.807) is 18.3 Å². The van der Waals surface area contributed by atoms with E-state index in [4.69, 9.17) is 9.26 Å². The minimum Gasteiger partial charge on any atom is -0.474 e. The molecule has 0 fully saturated rings. The number of anilines is 3. The van der Waals surface area contributed by atoms with Crippen LogP contribution in [0.3, 0.4) is 0 Å². The molecule has 3 N–H and O–H groups in total. The zero-order valence-electron chi connectivity index (χ0n) is 15.3. The largest absolute Gasteiger partial charge is 0.474 e. The lowest BCUT2D eigenvalue weighted by Crippen LogP contribution is -2.05. The van der Waals surface area contributed by atoms with Gasteiger partial charge in [-0.1, -0.05) is 19.0 Å². The summed E-state index contributed by atoms with van der Waals surface area (Å²) in [6.07, 6.45) is 1.73. The van der Waals surface area contributed by atoms with Crippen molar-refractivity contribution in [3.63, 3.8) is 0 Å². The maximum atomic E-state index is 5.52. The minimum absolute atomic E-state index is 0.0632. The lowest BCUT2D eigenvalue weighted by Gasteiger charge is -2.06. The molecule has 9 heteroatoms. The first-order valence-corrected chi connectivity index (χ1v) is 8.51. The summed E-state index contributed by atoms with van der Waals surface area (Å²) in [7, 11) is 0. The lowest BCUT2D eigenvalue weighted by atomic mass is 10.1. The second kappa shape index (κ2) is 7.85. The summed E-state index contributed by atoms with van der Waals surface area (Å²) in [5, 5.41) is 17.2. The average Bonchev–Trinajstić information content (AvgIpc) is 3.22. The normalized spacial score (nSPS) is 11.2. The maximum absolute atomic E-state index is 5.52. The van der Waals surface area contributed by atoms with E-state index in [-0.39, 0.29) is 6.10 Å². The molecule has 3 aromatic rings. The highest BCUT2D eigenvalue weighted by Crippen LogP contribution is 2.19. The van der Waals surface area contributed by atoms with Gasteiger partial charge in [-0.25, -0.2) is 4.98 Å². The molecule has 0 aliphatic rings. The van der Waals surface area contributed by atoms with E-state index < -0.39 is 0 Å². The molecule has 0 amide bonds. The molecule has 0 aromatic carbocycles. The van der Waals surface area contributed by atoms with E-state index >= 15 is 0 Å². The van der Waals surface area contributed by atoms with Gasteiger partial charge >= 0.3 is 0 Å². The van der Waals surface area contributed by atoms with Crippen molar-refractivity contribution < 1.29 is 9.26 Å². The van der Waals surface area contributed by atoms with Crippen LogP contribution in [0.15, 0.2) is 28.9 Å². The molecular formula is C17H23N7O2. The summed E-state index contributed by atoms with van der Waals surface area (Å²) >= 11 is 0. The molecule has 3 aromatic heterocycles. The smallest absolute Gasteiger partial charge is 0.234 e. The quantitative estimate of drug-likeness (QED) is 0.562. The van der Waals surface area contributed by atoms with Gasteiger partial charge in [-0.3, -0.25) is 5.10 Å². The molecule has 138 valence electrons. The third-order valence-electron chi connectivity index (χ3n) is 3.42. The third-order valence-corrected chi connectivity index (χ3v) is 3.42. The van der Waals surface area contributed by atoms with Gasteiger partial charge in [-0.05, 0) is 25.8 Å². The Morgan fingerprint density at radius 2 is 2.08 bits per heavy atom. The summed E-state index contributed by atoms with van der Waals surface area (Å²) in [5.41, 5.74) is 0.928. The van der Waals surface area contributed by atoms with Gasteiger partial charge in [0.1, 0.15) is 11.6 Å². The zero-order valence-corrected chi connectivity index (χ0v) is 15.3. The molecule has 0 aliphatic heterocycles.